The summed E-state index contributed by atoms with van der Waals surface area (Å²) in [7, 11) is 1.60. The van der Waals surface area contributed by atoms with Crippen molar-refractivity contribution in [1.29, 1.82) is 0 Å². The van der Waals surface area contributed by atoms with E-state index < -0.39 is 18.0 Å². The van der Waals surface area contributed by atoms with Crippen molar-refractivity contribution in [2.45, 2.75) is 16.7 Å². The zero-order chi connectivity index (χ0) is 15.3. The lowest BCUT2D eigenvalue weighted by Crippen LogP contribution is -2.41. The van der Waals surface area contributed by atoms with Crippen molar-refractivity contribution in [2.75, 3.05) is 20.4 Å². The molecule has 0 radical (unpaired) electrons. The van der Waals surface area contributed by atoms with Gasteiger partial charge in [-0.05, 0) is 24.6 Å². The molecule has 1 aliphatic carbocycles. The molecule has 0 bridgehead atoms. The van der Waals surface area contributed by atoms with Crippen LogP contribution in [0.3, 0.4) is 0 Å². The van der Waals surface area contributed by atoms with Crippen LogP contribution in [0, 0.1) is 11.7 Å². The molecule has 1 aromatic rings. The Morgan fingerprint density at radius 1 is 1.57 bits per heavy atom. The number of ether oxygens (including phenoxy) is 1. The van der Waals surface area contributed by atoms with Crippen LogP contribution in [-0.2, 0) is 10.3 Å². The summed E-state index contributed by atoms with van der Waals surface area (Å²) in [6.07, 6.45) is 0.714. The number of methoxy groups -OCH3 is 1. The summed E-state index contributed by atoms with van der Waals surface area (Å²) in [6, 6.07) is 4.51. The highest BCUT2D eigenvalue weighted by Crippen LogP contribution is 2.66. The number of hydrogen-bond donors (Lipinski definition) is 1. The Balaban J connectivity index is 2.12. The first-order chi connectivity index (χ1) is 9.97. The van der Waals surface area contributed by atoms with Crippen molar-refractivity contribution in [2.24, 2.45) is 16.6 Å². The number of benzene rings is 1. The van der Waals surface area contributed by atoms with Gasteiger partial charge in [-0.1, -0.05) is 27.7 Å². The highest BCUT2D eigenvalue weighted by atomic mass is 79.9. The van der Waals surface area contributed by atoms with Gasteiger partial charge >= 0.3 is 0 Å². The lowest BCUT2D eigenvalue weighted by Gasteiger charge is -2.35. The molecule has 0 spiro atoms. The van der Waals surface area contributed by atoms with E-state index >= 15 is 0 Å². The van der Waals surface area contributed by atoms with Crippen LogP contribution >= 0.6 is 27.7 Å². The Morgan fingerprint density at radius 2 is 2.33 bits per heavy atom. The van der Waals surface area contributed by atoms with Crippen LogP contribution in [0.1, 0.15) is 12.0 Å². The van der Waals surface area contributed by atoms with E-state index in [4.69, 9.17) is 10.5 Å². The number of alkyl halides is 1. The maximum atomic E-state index is 14.3. The molecule has 1 heterocycles. The van der Waals surface area contributed by atoms with Crippen molar-refractivity contribution in [1.82, 2.24) is 0 Å². The normalized spacial score (nSPS) is 34.3. The van der Waals surface area contributed by atoms with E-state index in [1.165, 1.54) is 17.8 Å². The van der Waals surface area contributed by atoms with Crippen molar-refractivity contribution in [3.05, 3.63) is 34.1 Å². The van der Waals surface area contributed by atoms with Crippen LogP contribution in [0.4, 0.5) is 8.78 Å². The molecule has 1 aliphatic heterocycles. The average Bonchev–Trinajstić information content (AvgIpc) is 3.15. The van der Waals surface area contributed by atoms with Crippen LogP contribution in [0.15, 0.2) is 27.7 Å². The van der Waals surface area contributed by atoms with Crippen LogP contribution in [0.25, 0.3) is 0 Å². The first-order valence-corrected chi connectivity index (χ1v) is 8.13. The molecular weight excluding hydrogens is 362 g/mol. The first-order valence-electron chi connectivity index (χ1n) is 6.52. The molecule has 0 aromatic heterocycles. The molecule has 2 N–H and O–H groups in total. The van der Waals surface area contributed by atoms with Gasteiger partial charge in [0.25, 0.3) is 0 Å². The van der Waals surface area contributed by atoms with Gasteiger partial charge in [0.1, 0.15) is 18.0 Å². The van der Waals surface area contributed by atoms with E-state index in [1.54, 1.807) is 19.2 Å². The summed E-state index contributed by atoms with van der Waals surface area (Å²) in [5, 5.41) is 0.290. The fourth-order valence-corrected chi connectivity index (χ4v) is 4.96. The lowest BCUT2D eigenvalue weighted by molar-refractivity contribution is 0.176. The van der Waals surface area contributed by atoms with E-state index in [1.807, 2.05) is 0 Å². The summed E-state index contributed by atoms with van der Waals surface area (Å²) < 4.78 is 33.9. The second-order valence-corrected chi connectivity index (χ2v) is 7.84. The molecule has 114 valence electrons. The predicted molar refractivity (Wildman–Crippen MR) is 83.7 cm³/mol. The predicted octanol–water partition coefficient (Wildman–Crippen LogP) is 3.22. The number of aliphatic imine (C=N–C) groups is 1. The van der Waals surface area contributed by atoms with Gasteiger partial charge in [-0.25, -0.2) is 13.8 Å². The summed E-state index contributed by atoms with van der Waals surface area (Å²) in [5.74, 6) is -0.575. The Kier molecular flexibility index (Phi) is 3.78. The number of amidine groups is 1. The number of nitrogens with two attached hydrogens (primary N) is 1. The minimum absolute atomic E-state index is 0.115. The van der Waals surface area contributed by atoms with E-state index in [0.717, 1.165) is 0 Å². The molecule has 2 aliphatic rings. The zero-order valence-electron chi connectivity index (χ0n) is 11.4. The fraction of sp³-hybridized carbons (Fsp3) is 0.500. The monoisotopic (exact) mass is 376 g/mol. The maximum absolute atomic E-state index is 14.3. The molecule has 0 saturated heterocycles. The minimum Gasteiger partial charge on any atom is -0.383 e. The number of halogens is 3. The third kappa shape index (κ3) is 2.29. The number of nitrogens with zero attached hydrogens (tertiary/aromatic N) is 1. The van der Waals surface area contributed by atoms with E-state index in [2.05, 4.69) is 20.9 Å². The zero-order valence-corrected chi connectivity index (χ0v) is 13.8. The molecule has 1 unspecified atom stereocenters. The van der Waals surface area contributed by atoms with Crippen molar-refractivity contribution >= 4 is 32.9 Å². The quantitative estimate of drug-likeness (QED) is 0.877. The van der Waals surface area contributed by atoms with E-state index in [0.29, 0.717) is 17.5 Å². The largest absolute Gasteiger partial charge is 0.383 e. The second kappa shape index (κ2) is 5.21. The van der Waals surface area contributed by atoms with Gasteiger partial charge in [-0.3, -0.25) is 0 Å². The standard InChI is InChI=1S/C14H15BrF2N2OS/c1-20-7-13-5-11(13)14(6-16,19-12(18)21-13)9-4-8(15)2-3-10(9)17/h2-4,11H,5-7H2,1H3,(H2,18,19)/t11?,13-,14-/m1/s1. The number of fused-ring (bicyclic) bond motifs is 1. The maximum Gasteiger partial charge on any atom is 0.155 e. The van der Waals surface area contributed by atoms with E-state index in [-0.39, 0.29) is 21.4 Å². The third-order valence-electron chi connectivity index (χ3n) is 4.21. The summed E-state index contributed by atoms with van der Waals surface area (Å²) >= 11 is 4.72. The van der Waals surface area contributed by atoms with Crippen LogP contribution in [0.2, 0.25) is 0 Å². The van der Waals surface area contributed by atoms with Gasteiger partial charge in [0.2, 0.25) is 0 Å². The van der Waals surface area contributed by atoms with E-state index in [9.17, 15) is 8.78 Å². The molecule has 1 fully saturated rings. The van der Waals surface area contributed by atoms with Crippen LogP contribution in [-0.4, -0.2) is 30.3 Å². The minimum atomic E-state index is -1.25. The summed E-state index contributed by atoms with van der Waals surface area (Å²) in [5.41, 5.74) is 4.91. The average molecular weight is 377 g/mol. The van der Waals surface area contributed by atoms with Crippen LogP contribution < -0.4 is 5.73 Å². The van der Waals surface area contributed by atoms with Crippen LogP contribution in [0.5, 0.6) is 0 Å². The molecule has 3 atom stereocenters. The molecular formula is C14H15BrF2N2OS. The Bertz CT molecular complexity index is 615. The molecule has 7 heteroatoms. The van der Waals surface area contributed by atoms with Gasteiger partial charge in [0.05, 0.1) is 11.4 Å². The Hall–Kier alpha value is -0.660. The third-order valence-corrected chi connectivity index (χ3v) is 5.98. The van der Waals surface area contributed by atoms with Crippen molar-refractivity contribution in [3.8, 4) is 0 Å². The number of hydrogen-bond acceptors (Lipinski definition) is 4. The molecule has 0 amide bonds. The first kappa shape index (κ1) is 15.2. The SMILES string of the molecule is COC[C@]12CC1[C@@](CF)(c1cc(Br)ccc1F)N=C(N)S2. The molecule has 1 saturated carbocycles. The topological polar surface area (TPSA) is 47.6 Å². The fourth-order valence-electron chi connectivity index (χ4n) is 3.21. The van der Waals surface area contributed by atoms with Gasteiger partial charge in [0, 0.05) is 23.1 Å². The Morgan fingerprint density at radius 3 is 3.00 bits per heavy atom. The Labute approximate surface area is 134 Å². The lowest BCUT2D eigenvalue weighted by atomic mass is 9.85. The highest BCUT2D eigenvalue weighted by molar-refractivity contribution is 9.10. The molecule has 3 rings (SSSR count). The molecule has 1 aromatic carbocycles. The summed E-state index contributed by atoms with van der Waals surface area (Å²) in [4.78, 5) is 4.32. The number of rotatable bonds is 4. The van der Waals surface area contributed by atoms with Gasteiger partial charge < -0.3 is 10.5 Å². The van der Waals surface area contributed by atoms with Crippen molar-refractivity contribution < 1.29 is 13.5 Å². The van der Waals surface area contributed by atoms with Crippen molar-refractivity contribution in [3.63, 3.8) is 0 Å². The second-order valence-electron chi connectivity index (χ2n) is 5.49. The summed E-state index contributed by atoms with van der Waals surface area (Å²) in [6.45, 7) is -0.326. The smallest absolute Gasteiger partial charge is 0.155 e. The van der Waals surface area contributed by atoms with Gasteiger partial charge in [-0.15, -0.1) is 0 Å². The van der Waals surface area contributed by atoms with Gasteiger partial charge in [-0.2, -0.15) is 0 Å². The molecule has 21 heavy (non-hydrogen) atoms. The highest BCUT2D eigenvalue weighted by Gasteiger charge is 2.68. The molecule has 3 nitrogen and oxygen atoms in total. The number of thioether (sulfide) groups is 1. The van der Waals surface area contributed by atoms with Gasteiger partial charge in [0.15, 0.2) is 5.17 Å².